The van der Waals surface area contributed by atoms with Crippen LogP contribution in [0.1, 0.15) is 44.1 Å². The molecule has 2 heteroatoms. The van der Waals surface area contributed by atoms with Gasteiger partial charge in [0.05, 0.1) is 0 Å². The quantitative estimate of drug-likeness (QED) is 0.787. The second-order valence-corrected chi connectivity index (χ2v) is 4.87. The molecule has 0 bridgehead atoms. The largest absolute Gasteiger partial charge is 0.297 e. The highest BCUT2D eigenvalue weighted by Crippen LogP contribution is 2.26. The Labute approximate surface area is 103 Å². The van der Waals surface area contributed by atoms with Gasteiger partial charge in [-0.25, -0.2) is 0 Å². The van der Waals surface area contributed by atoms with E-state index >= 15 is 0 Å². The molecule has 0 radical (unpaired) electrons. The van der Waals surface area contributed by atoms with Gasteiger partial charge in [-0.05, 0) is 5.92 Å². The van der Waals surface area contributed by atoms with Crippen molar-refractivity contribution in [2.45, 2.75) is 38.5 Å². The van der Waals surface area contributed by atoms with Crippen LogP contribution in [0.2, 0.25) is 0 Å². The smallest absolute Gasteiger partial charge is 0.181 e. The van der Waals surface area contributed by atoms with Crippen molar-refractivity contribution < 1.29 is 4.79 Å². The van der Waals surface area contributed by atoms with Crippen LogP contribution in [0.15, 0.2) is 30.3 Å². The summed E-state index contributed by atoms with van der Waals surface area (Å²) in [5.41, 5.74) is 0.921. The van der Waals surface area contributed by atoms with E-state index in [2.05, 4.69) is 0 Å². The molecule has 2 nitrogen and oxygen atoms in total. The van der Waals surface area contributed by atoms with Crippen LogP contribution in [0.3, 0.4) is 0 Å². The van der Waals surface area contributed by atoms with Crippen molar-refractivity contribution in [2.75, 3.05) is 0 Å². The van der Waals surface area contributed by atoms with Gasteiger partial charge in [-0.1, -0.05) is 62.4 Å². The van der Waals surface area contributed by atoms with Crippen molar-refractivity contribution in [1.29, 1.82) is 5.41 Å². The number of Topliss-reactive ketones (excluding diaryl/α,β-unsaturated/α-hetero) is 1. The normalized spacial score (nSPS) is 16.7. The minimum Gasteiger partial charge on any atom is -0.297 e. The molecular weight excluding hydrogens is 210 g/mol. The van der Waals surface area contributed by atoms with Crippen molar-refractivity contribution in [2.24, 2.45) is 5.92 Å². The van der Waals surface area contributed by atoms with Crippen molar-refractivity contribution in [3.8, 4) is 0 Å². The maximum absolute atomic E-state index is 12.0. The van der Waals surface area contributed by atoms with E-state index < -0.39 is 0 Å². The van der Waals surface area contributed by atoms with Crippen molar-refractivity contribution >= 4 is 11.5 Å². The van der Waals surface area contributed by atoms with Crippen LogP contribution >= 0.6 is 0 Å². The Bertz CT molecular complexity index is 391. The van der Waals surface area contributed by atoms with Gasteiger partial charge in [0.15, 0.2) is 5.78 Å². The Morgan fingerprint density at radius 1 is 1.12 bits per heavy atom. The molecule has 0 atom stereocenters. The van der Waals surface area contributed by atoms with Gasteiger partial charge in [0.1, 0.15) is 5.71 Å². The second kappa shape index (κ2) is 5.76. The van der Waals surface area contributed by atoms with Gasteiger partial charge in [0, 0.05) is 12.0 Å². The number of ketones is 1. The van der Waals surface area contributed by atoms with E-state index in [1.807, 2.05) is 30.3 Å². The van der Waals surface area contributed by atoms with Crippen LogP contribution in [0.4, 0.5) is 0 Å². The number of carbonyl (C=O) groups excluding carboxylic acids is 1. The summed E-state index contributed by atoms with van der Waals surface area (Å²) in [6.07, 6.45) is 6.68. The lowest BCUT2D eigenvalue weighted by Crippen LogP contribution is -2.19. The third-order valence-electron chi connectivity index (χ3n) is 3.54. The predicted octanol–water partition coefficient (Wildman–Crippen LogP) is 3.59. The molecule has 1 aliphatic carbocycles. The highest BCUT2D eigenvalue weighted by Gasteiger charge is 2.20. The Morgan fingerprint density at radius 3 is 2.41 bits per heavy atom. The molecule has 1 aromatic carbocycles. The highest BCUT2D eigenvalue weighted by molar-refractivity contribution is 6.44. The molecule has 0 unspecified atom stereocenters. The molecule has 1 aromatic rings. The van der Waals surface area contributed by atoms with E-state index in [0.29, 0.717) is 12.3 Å². The number of carbonyl (C=O) groups is 1. The Morgan fingerprint density at radius 2 is 1.76 bits per heavy atom. The standard InChI is InChI=1S/C15H19NO/c16-15(13-9-5-2-6-10-13)14(17)11-12-7-3-1-4-8-12/h2,5-6,9-10,12,16H,1,3-4,7-8,11H2. The molecule has 1 fully saturated rings. The third kappa shape index (κ3) is 3.26. The van der Waals surface area contributed by atoms with Crippen LogP contribution in [0, 0.1) is 11.3 Å². The lowest BCUT2D eigenvalue weighted by atomic mass is 9.84. The Balaban J connectivity index is 1.93. The fourth-order valence-corrected chi connectivity index (χ4v) is 2.52. The van der Waals surface area contributed by atoms with E-state index in [1.165, 1.54) is 19.3 Å². The number of benzene rings is 1. The van der Waals surface area contributed by atoms with Crippen LogP contribution in [0.5, 0.6) is 0 Å². The summed E-state index contributed by atoms with van der Waals surface area (Å²) in [5, 5.41) is 7.90. The molecule has 0 amide bonds. The molecule has 0 heterocycles. The van der Waals surface area contributed by atoms with Gasteiger partial charge < -0.3 is 0 Å². The Kier molecular flexibility index (Phi) is 4.08. The number of rotatable bonds is 4. The molecule has 17 heavy (non-hydrogen) atoms. The summed E-state index contributed by atoms with van der Waals surface area (Å²) in [4.78, 5) is 12.0. The number of nitrogens with one attached hydrogen (secondary N) is 1. The van der Waals surface area contributed by atoms with Crippen molar-refractivity contribution in [3.63, 3.8) is 0 Å². The molecule has 0 spiro atoms. The van der Waals surface area contributed by atoms with Crippen LogP contribution in [-0.4, -0.2) is 11.5 Å². The average Bonchev–Trinajstić information content (AvgIpc) is 2.40. The van der Waals surface area contributed by atoms with E-state index in [-0.39, 0.29) is 11.5 Å². The van der Waals surface area contributed by atoms with E-state index in [9.17, 15) is 4.79 Å². The maximum Gasteiger partial charge on any atom is 0.181 e. The van der Waals surface area contributed by atoms with E-state index in [0.717, 1.165) is 18.4 Å². The lowest BCUT2D eigenvalue weighted by molar-refractivity contribution is -0.114. The van der Waals surface area contributed by atoms with Crippen LogP contribution in [0.25, 0.3) is 0 Å². The Hall–Kier alpha value is -1.44. The molecule has 0 aromatic heterocycles. The van der Waals surface area contributed by atoms with Crippen molar-refractivity contribution in [1.82, 2.24) is 0 Å². The second-order valence-electron chi connectivity index (χ2n) is 4.87. The van der Waals surface area contributed by atoms with Gasteiger partial charge in [0.2, 0.25) is 0 Å². The minimum atomic E-state index is 0.00287. The zero-order chi connectivity index (χ0) is 12.1. The fourth-order valence-electron chi connectivity index (χ4n) is 2.52. The van der Waals surface area contributed by atoms with Crippen LogP contribution < -0.4 is 0 Å². The van der Waals surface area contributed by atoms with Gasteiger partial charge >= 0.3 is 0 Å². The zero-order valence-electron chi connectivity index (χ0n) is 10.1. The van der Waals surface area contributed by atoms with Gasteiger partial charge in [-0.15, -0.1) is 0 Å². The average molecular weight is 229 g/mol. The molecule has 1 N–H and O–H groups in total. The van der Waals surface area contributed by atoms with Crippen molar-refractivity contribution in [3.05, 3.63) is 35.9 Å². The first-order valence-electron chi connectivity index (χ1n) is 6.44. The SMILES string of the molecule is N=C(C(=O)CC1CCCCC1)c1ccccc1. The molecule has 2 rings (SSSR count). The molecule has 0 aliphatic heterocycles. The summed E-state index contributed by atoms with van der Waals surface area (Å²) >= 11 is 0. The lowest BCUT2D eigenvalue weighted by Gasteiger charge is -2.20. The zero-order valence-corrected chi connectivity index (χ0v) is 10.1. The third-order valence-corrected chi connectivity index (χ3v) is 3.54. The first-order chi connectivity index (χ1) is 8.27. The van der Waals surface area contributed by atoms with Gasteiger partial charge in [-0.3, -0.25) is 10.2 Å². The fraction of sp³-hybridized carbons (Fsp3) is 0.467. The van der Waals surface area contributed by atoms with E-state index in [4.69, 9.17) is 5.41 Å². The summed E-state index contributed by atoms with van der Waals surface area (Å²) < 4.78 is 0. The van der Waals surface area contributed by atoms with Gasteiger partial charge in [0.25, 0.3) is 0 Å². The summed E-state index contributed by atoms with van der Waals surface area (Å²) in [6, 6.07) is 9.32. The monoisotopic (exact) mass is 229 g/mol. The van der Waals surface area contributed by atoms with Gasteiger partial charge in [-0.2, -0.15) is 0 Å². The molecule has 0 saturated heterocycles. The summed E-state index contributed by atoms with van der Waals surface area (Å²) in [6.45, 7) is 0. The molecule has 1 aliphatic rings. The molecular formula is C15H19NO. The molecule has 1 saturated carbocycles. The topological polar surface area (TPSA) is 40.9 Å². The van der Waals surface area contributed by atoms with E-state index in [1.54, 1.807) is 0 Å². The summed E-state index contributed by atoms with van der Waals surface area (Å²) in [7, 11) is 0. The maximum atomic E-state index is 12.0. The first kappa shape index (κ1) is 12.0. The predicted molar refractivity (Wildman–Crippen MR) is 69.5 cm³/mol. The van der Waals surface area contributed by atoms with Crippen LogP contribution in [-0.2, 0) is 4.79 Å². The number of hydrogen-bond donors (Lipinski definition) is 1. The number of hydrogen-bond acceptors (Lipinski definition) is 2. The minimum absolute atomic E-state index is 0.00287. The first-order valence-corrected chi connectivity index (χ1v) is 6.44. The molecule has 90 valence electrons. The summed E-state index contributed by atoms with van der Waals surface area (Å²) in [5.74, 6) is 0.517. The highest BCUT2D eigenvalue weighted by atomic mass is 16.1.